The van der Waals surface area contributed by atoms with Crippen molar-refractivity contribution in [3.63, 3.8) is 0 Å². The summed E-state index contributed by atoms with van der Waals surface area (Å²) in [5.74, 6) is 0. The number of ether oxygens (including phenoxy) is 1. The van der Waals surface area contributed by atoms with Crippen LogP contribution in [0.25, 0.3) is 0 Å². The zero-order chi connectivity index (χ0) is 12.3. The number of hydrogen-bond donors (Lipinski definition) is 0. The predicted octanol–water partition coefficient (Wildman–Crippen LogP) is 2.71. The summed E-state index contributed by atoms with van der Waals surface area (Å²) in [5, 5.41) is 9.59. The third-order valence-electron chi connectivity index (χ3n) is 3.19. The number of rotatable bonds is 2. The molecule has 1 aliphatic carbocycles. The summed E-state index contributed by atoms with van der Waals surface area (Å²) < 4.78 is 11.8. The molecule has 1 aliphatic heterocycles. The molecule has 0 radical (unpaired) electrons. The fourth-order valence-electron chi connectivity index (χ4n) is 2.64. The maximum absolute atomic E-state index is 9.59. The van der Waals surface area contributed by atoms with Crippen molar-refractivity contribution in [2.75, 3.05) is 0 Å². The van der Waals surface area contributed by atoms with E-state index in [1.807, 2.05) is 24.3 Å². The van der Waals surface area contributed by atoms with Crippen LogP contribution in [0.15, 0.2) is 24.3 Å². The van der Waals surface area contributed by atoms with E-state index in [0.717, 1.165) is 11.1 Å². The Morgan fingerprint density at radius 2 is 2.06 bits per heavy atom. The second-order valence-corrected chi connectivity index (χ2v) is 10.1. The number of nitrogens with zero attached hydrogens (tertiary/aromatic N) is 1. The van der Waals surface area contributed by atoms with E-state index in [-0.39, 0.29) is 12.2 Å². The SMILES string of the molecule is C[Si](C)(C)O[C@@]1(C#N)c2ccccc2[C@@H]2O[C@@H]21. The van der Waals surface area contributed by atoms with Gasteiger partial charge in [0.15, 0.2) is 13.9 Å². The lowest BCUT2D eigenvalue weighted by Crippen LogP contribution is -2.42. The Morgan fingerprint density at radius 3 is 2.71 bits per heavy atom. The number of benzene rings is 1. The Hall–Kier alpha value is -1.15. The van der Waals surface area contributed by atoms with E-state index in [9.17, 15) is 5.26 Å². The van der Waals surface area contributed by atoms with Crippen molar-refractivity contribution in [1.29, 1.82) is 5.26 Å². The molecular formula is C13H15NO2Si. The van der Waals surface area contributed by atoms with Gasteiger partial charge in [0.2, 0.25) is 0 Å². The summed E-state index contributed by atoms with van der Waals surface area (Å²) in [6.07, 6.45) is -0.0289. The van der Waals surface area contributed by atoms with E-state index in [4.69, 9.17) is 9.16 Å². The summed E-state index contributed by atoms with van der Waals surface area (Å²) in [6.45, 7) is 6.30. The maximum atomic E-state index is 9.59. The first-order valence-electron chi connectivity index (χ1n) is 5.84. The van der Waals surface area contributed by atoms with Gasteiger partial charge in [-0.1, -0.05) is 24.3 Å². The first-order valence-corrected chi connectivity index (χ1v) is 9.25. The van der Waals surface area contributed by atoms with Crippen molar-refractivity contribution >= 4 is 8.32 Å². The van der Waals surface area contributed by atoms with Crippen LogP contribution in [-0.2, 0) is 14.8 Å². The van der Waals surface area contributed by atoms with Crippen LogP contribution in [-0.4, -0.2) is 14.4 Å². The summed E-state index contributed by atoms with van der Waals surface area (Å²) in [7, 11) is -1.80. The van der Waals surface area contributed by atoms with Crippen molar-refractivity contribution < 1.29 is 9.16 Å². The molecule has 0 N–H and O–H groups in total. The molecule has 4 heteroatoms. The summed E-state index contributed by atoms with van der Waals surface area (Å²) >= 11 is 0. The Bertz CT molecular complexity index is 517. The largest absolute Gasteiger partial charge is 0.394 e. The molecule has 17 heavy (non-hydrogen) atoms. The monoisotopic (exact) mass is 245 g/mol. The van der Waals surface area contributed by atoms with Crippen LogP contribution in [0, 0.1) is 11.3 Å². The van der Waals surface area contributed by atoms with E-state index >= 15 is 0 Å². The van der Waals surface area contributed by atoms with Crippen molar-refractivity contribution in [3.8, 4) is 6.07 Å². The highest BCUT2D eigenvalue weighted by molar-refractivity contribution is 6.69. The molecule has 0 spiro atoms. The van der Waals surface area contributed by atoms with Crippen LogP contribution in [0.4, 0.5) is 0 Å². The molecule has 0 amide bonds. The third-order valence-corrected chi connectivity index (χ3v) is 4.13. The molecule has 1 saturated heterocycles. The van der Waals surface area contributed by atoms with Crippen LogP contribution < -0.4 is 0 Å². The fraction of sp³-hybridized carbons (Fsp3) is 0.462. The lowest BCUT2D eigenvalue weighted by atomic mass is 9.97. The minimum atomic E-state index is -1.80. The van der Waals surface area contributed by atoms with Crippen LogP contribution in [0.5, 0.6) is 0 Å². The Labute approximate surface area is 102 Å². The van der Waals surface area contributed by atoms with Gasteiger partial charge < -0.3 is 9.16 Å². The average molecular weight is 245 g/mol. The molecule has 0 aromatic heterocycles. The van der Waals surface area contributed by atoms with Gasteiger partial charge in [-0.3, -0.25) is 0 Å². The molecule has 1 fully saturated rings. The van der Waals surface area contributed by atoms with Gasteiger partial charge in [-0.05, 0) is 25.2 Å². The van der Waals surface area contributed by atoms with Gasteiger partial charge in [0.25, 0.3) is 0 Å². The van der Waals surface area contributed by atoms with Gasteiger partial charge in [-0.25, -0.2) is 0 Å². The average Bonchev–Trinajstić information content (AvgIpc) is 3.01. The number of fused-ring (bicyclic) bond motifs is 3. The molecular weight excluding hydrogens is 230 g/mol. The van der Waals surface area contributed by atoms with Crippen LogP contribution in [0.2, 0.25) is 19.6 Å². The van der Waals surface area contributed by atoms with E-state index in [1.54, 1.807) is 0 Å². The lowest BCUT2D eigenvalue weighted by Gasteiger charge is -2.31. The highest BCUT2D eigenvalue weighted by Crippen LogP contribution is 2.59. The van der Waals surface area contributed by atoms with Crippen molar-refractivity contribution in [2.45, 2.75) is 37.5 Å². The smallest absolute Gasteiger partial charge is 0.200 e. The summed E-state index contributed by atoms with van der Waals surface area (Å²) in [5.41, 5.74) is 1.26. The van der Waals surface area contributed by atoms with Gasteiger partial charge in [0, 0.05) is 5.56 Å². The number of epoxide rings is 1. The maximum Gasteiger partial charge on any atom is 0.200 e. The minimum absolute atomic E-state index is 0.0715. The molecule has 0 bridgehead atoms. The first-order chi connectivity index (χ1) is 7.98. The summed E-state index contributed by atoms with van der Waals surface area (Å²) in [4.78, 5) is 0. The van der Waals surface area contributed by atoms with Gasteiger partial charge in [0.05, 0.1) is 0 Å². The molecule has 1 aromatic rings. The molecule has 0 unspecified atom stereocenters. The lowest BCUT2D eigenvalue weighted by molar-refractivity contribution is 0.0810. The second-order valence-electron chi connectivity index (χ2n) is 5.63. The number of hydrogen-bond acceptors (Lipinski definition) is 3. The van der Waals surface area contributed by atoms with Crippen LogP contribution in [0.1, 0.15) is 17.2 Å². The van der Waals surface area contributed by atoms with Crippen LogP contribution >= 0.6 is 0 Å². The van der Waals surface area contributed by atoms with Gasteiger partial charge in [0.1, 0.15) is 18.3 Å². The van der Waals surface area contributed by atoms with E-state index < -0.39 is 13.9 Å². The predicted molar refractivity (Wildman–Crippen MR) is 65.8 cm³/mol. The molecule has 1 aromatic carbocycles. The Kier molecular flexibility index (Phi) is 2.06. The summed E-state index contributed by atoms with van der Waals surface area (Å²) in [6, 6.07) is 10.3. The van der Waals surface area contributed by atoms with Crippen LogP contribution in [0.3, 0.4) is 0 Å². The molecule has 1 heterocycles. The quantitative estimate of drug-likeness (QED) is 0.594. The second kappa shape index (κ2) is 3.20. The van der Waals surface area contributed by atoms with Crippen molar-refractivity contribution in [1.82, 2.24) is 0 Å². The highest BCUT2D eigenvalue weighted by Gasteiger charge is 2.66. The van der Waals surface area contributed by atoms with Crippen molar-refractivity contribution in [3.05, 3.63) is 35.4 Å². The number of nitriles is 1. The molecule has 3 nitrogen and oxygen atoms in total. The Balaban J connectivity index is 2.11. The topological polar surface area (TPSA) is 45.5 Å². The van der Waals surface area contributed by atoms with E-state index in [0.29, 0.717) is 0 Å². The standard InChI is InChI=1S/C13H15NO2Si/c1-17(2,3)16-13(8-14)10-7-5-4-6-9(10)11-12(13)15-11/h4-7,11-12H,1-3H3/t11-,12-,13-/m0/s1. The molecule has 0 saturated carbocycles. The molecule has 3 atom stereocenters. The minimum Gasteiger partial charge on any atom is -0.394 e. The zero-order valence-corrected chi connectivity index (χ0v) is 11.2. The molecule has 3 rings (SSSR count). The van der Waals surface area contributed by atoms with Gasteiger partial charge in [-0.15, -0.1) is 0 Å². The Morgan fingerprint density at radius 1 is 1.35 bits per heavy atom. The normalized spacial score (nSPS) is 33.8. The zero-order valence-electron chi connectivity index (χ0n) is 10.2. The molecule has 88 valence electrons. The molecule has 2 aliphatic rings. The first kappa shape index (κ1) is 11.0. The fourth-order valence-corrected chi connectivity index (χ4v) is 3.87. The van der Waals surface area contributed by atoms with Gasteiger partial charge >= 0.3 is 0 Å². The van der Waals surface area contributed by atoms with Gasteiger partial charge in [-0.2, -0.15) is 5.26 Å². The van der Waals surface area contributed by atoms with E-state index in [1.165, 1.54) is 0 Å². The van der Waals surface area contributed by atoms with E-state index in [2.05, 4.69) is 25.7 Å². The highest BCUT2D eigenvalue weighted by atomic mass is 28.4. The van der Waals surface area contributed by atoms with Crippen molar-refractivity contribution in [2.24, 2.45) is 0 Å². The third kappa shape index (κ3) is 1.47.